The number of benzene rings is 1. The third kappa shape index (κ3) is 1.98. The Morgan fingerprint density at radius 1 is 1.31 bits per heavy atom. The molecule has 1 aliphatic heterocycles. The zero-order valence-electron chi connectivity index (χ0n) is 9.18. The first-order chi connectivity index (χ1) is 7.70. The summed E-state index contributed by atoms with van der Waals surface area (Å²) in [6.45, 7) is 2.18. The van der Waals surface area contributed by atoms with Crippen LogP contribution >= 0.6 is 0 Å². The maximum atomic E-state index is 11.6. The van der Waals surface area contributed by atoms with E-state index in [0.717, 1.165) is 18.7 Å². The minimum Gasteiger partial charge on any atom is -0.326 e. The van der Waals surface area contributed by atoms with Gasteiger partial charge in [0.15, 0.2) is 0 Å². The fraction of sp³-hybridized carbons (Fsp3) is 0.333. The lowest BCUT2D eigenvalue weighted by Gasteiger charge is -2.15. The molecule has 2 amide bonds. The van der Waals surface area contributed by atoms with Gasteiger partial charge in [-0.05, 0) is 17.7 Å². The van der Waals surface area contributed by atoms with Crippen molar-refractivity contribution in [3.63, 3.8) is 0 Å². The van der Waals surface area contributed by atoms with Gasteiger partial charge in [0.25, 0.3) is 0 Å². The van der Waals surface area contributed by atoms with Crippen molar-refractivity contribution in [1.82, 2.24) is 9.80 Å². The monoisotopic (exact) mass is 215 g/mol. The number of rotatable bonds is 2. The number of amides is 2. The van der Waals surface area contributed by atoms with Crippen LogP contribution in [0.5, 0.6) is 0 Å². The molecule has 0 N–H and O–H groups in total. The maximum Gasteiger partial charge on any atom is 0.320 e. The molecule has 1 aromatic rings. The van der Waals surface area contributed by atoms with E-state index in [0.29, 0.717) is 12.1 Å². The molecule has 1 heterocycles. The maximum absolute atomic E-state index is 11.6. The van der Waals surface area contributed by atoms with Gasteiger partial charge in [0.2, 0.25) is 0 Å². The summed E-state index contributed by atoms with van der Waals surface area (Å²) >= 11 is 0. The van der Waals surface area contributed by atoms with Gasteiger partial charge in [-0.3, -0.25) is 0 Å². The third-order valence-corrected chi connectivity index (χ3v) is 2.76. The summed E-state index contributed by atoms with van der Waals surface area (Å²) in [5.74, 6) is 0. The second-order valence-corrected chi connectivity index (χ2v) is 3.93. The molecule has 0 aliphatic carbocycles. The van der Waals surface area contributed by atoms with E-state index in [-0.39, 0.29) is 6.03 Å². The molecule has 0 unspecified atom stereocenters. The summed E-state index contributed by atoms with van der Waals surface area (Å²) in [4.78, 5) is 15.2. The van der Waals surface area contributed by atoms with Crippen molar-refractivity contribution >= 4 is 6.03 Å². The summed E-state index contributed by atoms with van der Waals surface area (Å²) in [7, 11) is 1.81. The van der Waals surface area contributed by atoms with E-state index >= 15 is 0 Å². The molecule has 1 saturated heterocycles. The van der Waals surface area contributed by atoms with Gasteiger partial charge in [-0.2, -0.15) is 5.26 Å². The fourth-order valence-corrected chi connectivity index (χ4v) is 1.76. The van der Waals surface area contributed by atoms with Crippen LogP contribution in [0.2, 0.25) is 0 Å². The first-order valence-corrected chi connectivity index (χ1v) is 5.20. The van der Waals surface area contributed by atoms with Gasteiger partial charge >= 0.3 is 6.03 Å². The number of likely N-dealkylation sites (N-methyl/N-ethyl adjacent to an activating group) is 1. The van der Waals surface area contributed by atoms with Crippen molar-refractivity contribution in [3.05, 3.63) is 35.4 Å². The van der Waals surface area contributed by atoms with Gasteiger partial charge in [-0.25, -0.2) is 4.79 Å². The molecule has 16 heavy (non-hydrogen) atoms. The first kappa shape index (κ1) is 10.5. The van der Waals surface area contributed by atoms with Gasteiger partial charge in [-0.1, -0.05) is 12.1 Å². The van der Waals surface area contributed by atoms with Crippen molar-refractivity contribution in [2.24, 2.45) is 0 Å². The number of carbonyl (C=O) groups is 1. The lowest BCUT2D eigenvalue weighted by atomic mass is 10.1. The summed E-state index contributed by atoms with van der Waals surface area (Å²) in [6, 6.07) is 9.49. The first-order valence-electron chi connectivity index (χ1n) is 5.20. The number of nitrogens with zero attached hydrogens (tertiary/aromatic N) is 3. The Morgan fingerprint density at radius 3 is 2.50 bits per heavy atom. The third-order valence-electron chi connectivity index (χ3n) is 2.76. The Hall–Kier alpha value is -2.02. The molecule has 1 fully saturated rings. The number of nitriles is 1. The Labute approximate surface area is 94.7 Å². The highest BCUT2D eigenvalue weighted by atomic mass is 16.2. The lowest BCUT2D eigenvalue weighted by Crippen LogP contribution is -2.28. The Morgan fingerprint density at radius 2 is 2.00 bits per heavy atom. The molecule has 82 valence electrons. The number of hydrogen-bond acceptors (Lipinski definition) is 2. The average molecular weight is 215 g/mol. The van der Waals surface area contributed by atoms with Crippen LogP contribution in [-0.2, 0) is 6.54 Å². The van der Waals surface area contributed by atoms with Crippen LogP contribution in [-0.4, -0.2) is 36.0 Å². The molecule has 4 nitrogen and oxygen atoms in total. The SMILES string of the molecule is CN1CCN(Cc2ccc(C#N)cc2)C1=O. The van der Waals surface area contributed by atoms with Crippen molar-refractivity contribution in [2.75, 3.05) is 20.1 Å². The van der Waals surface area contributed by atoms with E-state index in [1.54, 1.807) is 29.0 Å². The quantitative estimate of drug-likeness (QED) is 0.749. The fourth-order valence-electron chi connectivity index (χ4n) is 1.76. The predicted molar refractivity (Wildman–Crippen MR) is 59.6 cm³/mol. The lowest BCUT2D eigenvalue weighted by molar-refractivity contribution is 0.197. The minimum atomic E-state index is 0.0735. The standard InChI is InChI=1S/C12H13N3O/c1-14-6-7-15(12(14)16)9-11-4-2-10(8-13)3-5-11/h2-5H,6-7,9H2,1H3. The van der Waals surface area contributed by atoms with Crippen LogP contribution in [0.3, 0.4) is 0 Å². The van der Waals surface area contributed by atoms with Gasteiger partial charge in [0, 0.05) is 26.7 Å². The highest BCUT2D eigenvalue weighted by Gasteiger charge is 2.24. The number of urea groups is 1. The predicted octanol–water partition coefficient (Wildman–Crippen LogP) is 1.43. The smallest absolute Gasteiger partial charge is 0.320 e. The highest BCUT2D eigenvalue weighted by molar-refractivity contribution is 5.76. The molecule has 1 aliphatic rings. The van der Waals surface area contributed by atoms with Crippen molar-refractivity contribution in [2.45, 2.75) is 6.54 Å². The molecular formula is C12H13N3O. The van der Waals surface area contributed by atoms with E-state index in [1.165, 1.54) is 0 Å². The van der Waals surface area contributed by atoms with Crippen LogP contribution in [0.4, 0.5) is 4.79 Å². The van der Waals surface area contributed by atoms with E-state index in [1.807, 2.05) is 12.1 Å². The van der Waals surface area contributed by atoms with Gasteiger partial charge in [0.1, 0.15) is 0 Å². The molecule has 0 bridgehead atoms. The number of hydrogen-bond donors (Lipinski definition) is 0. The summed E-state index contributed by atoms with van der Waals surface area (Å²) < 4.78 is 0. The van der Waals surface area contributed by atoms with E-state index in [9.17, 15) is 4.79 Å². The van der Waals surface area contributed by atoms with Crippen molar-refractivity contribution in [3.8, 4) is 6.07 Å². The van der Waals surface area contributed by atoms with Gasteiger partial charge < -0.3 is 9.80 Å². The molecule has 4 heteroatoms. The zero-order valence-corrected chi connectivity index (χ0v) is 9.18. The second kappa shape index (κ2) is 4.23. The van der Waals surface area contributed by atoms with Crippen LogP contribution in [0.15, 0.2) is 24.3 Å². The molecule has 0 spiro atoms. The normalized spacial score (nSPS) is 15.4. The molecule has 0 radical (unpaired) electrons. The molecule has 0 atom stereocenters. The van der Waals surface area contributed by atoms with Crippen LogP contribution in [0.25, 0.3) is 0 Å². The Kier molecular flexibility index (Phi) is 2.78. The highest BCUT2D eigenvalue weighted by Crippen LogP contribution is 2.12. The van der Waals surface area contributed by atoms with Crippen molar-refractivity contribution < 1.29 is 4.79 Å². The Balaban J connectivity index is 2.05. The Bertz CT molecular complexity index is 433. The topological polar surface area (TPSA) is 47.3 Å². The molecular weight excluding hydrogens is 202 g/mol. The summed E-state index contributed by atoms with van der Waals surface area (Å²) in [5, 5.41) is 8.67. The molecule has 2 rings (SSSR count). The van der Waals surface area contributed by atoms with E-state index in [2.05, 4.69) is 6.07 Å². The minimum absolute atomic E-state index is 0.0735. The summed E-state index contributed by atoms with van der Waals surface area (Å²) in [5.41, 5.74) is 1.70. The average Bonchev–Trinajstić information content (AvgIpc) is 2.62. The van der Waals surface area contributed by atoms with Gasteiger partial charge in [0.05, 0.1) is 11.6 Å². The summed E-state index contributed by atoms with van der Waals surface area (Å²) in [6.07, 6.45) is 0. The van der Waals surface area contributed by atoms with E-state index in [4.69, 9.17) is 5.26 Å². The van der Waals surface area contributed by atoms with Crippen molar-refractivity contribution in [1.29, 1.82) is 5.26 Å². The molecule has 0 saturated carbocycles. The van der Waals surface area contributed by atoms with Crippen LogP contribution in [0.1, 0.15) is 11.1 Å². The molecule has 1 aromatic carbocycles. The van der Waals surface area contributed by atoms with Crippen LogP contribution in [0, 0.1) is 11.3 Å². The largest absolute Gasteiger partial charge is 0.326 e. The number of carbonyl (C=O) groups excluding carboxylic acids is 1. The molecule has 0 aromatic heterocycles. The zero-order chi connectivity index (χ0) is 11.5. The van der Waals surface area contributed by atoms with E-state index < -0.39 is 0 Å². The van der Waals surface area contributed by atoms with Crippen LogP contribution < -0.4 is 0 Å². The second-order valence-electron chi connectivity index (χ2n) is 3.93. The van der Waals surface area contributed by atoms with Gasteiger partial charge in [-0.15, -0.1) is 0 Å².